The van der Waals surface area contributed by atoms with Crippen LogP contribution < -0.4 is 10.6 Å². The summed E-state index contributed by atoms with van der Waals surface area (Å²) in [6.07, 6.45) is 7.74. The smallest absolute Gasteiger partial charge is 0.247 e. The van der Waals surface area contributed by atoms with Crippen molar-refractivity contribution in [3.05, 3.63) is 0 Å². The van der Waals surface area contributed by atoms with Crippen LogP contribution in [0.5, 0.6) is 0 Å². The van der Waals surface area contributed by atoms with Gasteiger partial charge in [0.25, 0.3) is 0 Å². The summed E-state index contributed by atoms with van der Waals surface area (Å²) in [5.41, 5.74) is 0. The molecule has 0 aliphatic rings. The maximum absolute atomic E-state index is 11.4. The van der Waals surface area contributed by atoms with E-state index in [-0.39, 0.29) is 24.3 Å². The first-order valence-corrected chi connectivity index (χ1v) is 12.2. The maximum Gasteiger partial charge on any atom is 0.247 e. The van der Waals surface area contributed by atoms with E-state index in [0.717, 1.165) is 51.7 Å². The maximum atomic E-state index is 11.4. The molecule has 0 bridgehead atoms. The first-order chi connectivity index (χ1) is 14.6. The highest BCUT2D eigenvalue weighted by Gasteiger charge is 2.04. The average Bonchev–Trinajstić information content (AvgIpc) is 2.73. The lowest BCUT2D eigenvalue weighted by Crippen LogP contribution is -2.28. The summed E-state index contributed by atoms with van der Waals surface area (Å²) in [7, 11) is 0. The van der Waals surface area contributed by atoms with Crippen LogP contribution in [-0.2, 0) is 28.0 Å². The number of ether oxygens (including phenoxy) is 3. The Morgan fingerprint density at radius 1 is 0.733 bits per heavy atom. The summed E-state index contributed by atoms with van der Waals surface area (Å²) in [6, 6.07) is 0. The minimum Gasteiger partial charge on any atom is -0.379 e. The van der Waals surface area contributed by atoms with Crippen LogP contribution in [0.4, 0.5) is 0 Å². The molecule has 0 aliphatic carbocycles. The Bertz CT molecular complexity index is 413. The summed E-state index contributed by atoms with van der Waals surface area (Å²) < 4.78 is 21.5. The molecule has 0 spiro atoms. The highest BCUT2D eigenvalue weighted by atomic mass is 32.2. The van der Waals surface area contributed by atoms with Gasteiger partial charge in [-0.1, -0.05) is 13.8 Å². The summed E-state index contributed by atoms with van der Waals surface area (Å²) in [5, 5.41) is 5.73. The van der Waals surface area contributed by atoms with E-state index in [0.29, 0.717) is 39.6 Å². The van der Waals surface area contributed by atoms with Gasteiger partial charge in [-0.15, -0.1) is 0 Å². The normalized spacial score (nSPS) is 11.1. The van der Waals surface area contributed by atoms with Gasteiger partial charge in [0.1, 0.15) is 6.61 Å². The van der Waals surface area contributed by atoms with Crippen molar-refractivity contribution in [1.82, 2.24) is 10.6 Å². The first-order valence-electron chi connectivity index (χ1n) is 11.0. The summed E-state index contributed by atoms with van der Waals surface area (Å²) in [4.78, 5) is 22.7. The second-order valence-electron chi connectivity index (χ2n) is 7.18. The summed E-state index contributed by atoms with van der Waals surface area (Å²) in [6.45, 7) is 9.08. The van der Waals surface area contributed by atoms with Gasteiger partial charge < -0.3 is 29.0 Å². The van der Waals surface area contributed by atoms with Crippen LogP contribution in [0.15, 0.2) is 0 Å². The topological polar surface area (TPSA) is 95.1 Å². The molecule has 2 amide bonds. The van der Waals surface area contributed by atoms with Crippen molar-refractivity contribution >= 4 is 23.9 Å². The second-order valence-corrected chi connectivity index (χ2v) is 7.75. The van der Waals surface area contributed by atoms with Crippen LogP contribution in [0.3, 0.4) is 0 Å². The van der Waals surface area contributed by atoms with E-state index >= 15 is 0 Å². The van der Waals surface area contributed by atoms with Crippen molar-refractivity contribution in [3.63, 3.8) is 0 Å². The highest BCUT2D eigenvalue weighted by molar-refractivity contribution is 7.93. The molecule has 30 heavy (non-hydrogen) atoms. The number of carbonyl (C=O) groups is 2. The molecule has 0 aromatic heterocycles. The lowest BCUT2D eigenvalue weighted by Gasteiger charge is -2.08. The molecular formula is C21H42N2O6S. The molecule has 0 heterocycles. The molecule has 0 aromatic rings. The Hall–Kier alpha value is -0.870. The predicted molar refractivity (Wildman–Crippen MR) is 120 cm³/mol. The molecule has 2 N–H and O–H groups in total. The molecule has 0 aromatic carbocycles. The van der Waals surface area contributed by atoms with Crippen LogP contribution in [0.2, 0.25) is 0 Å². The molecule has 8 nitrogen and oxygen atoms in total. The molecule has 0 unspecified atom stereocenters. The van der Waals surface area contributed by atoms with Gasteiger partial charge in [0.15, 0.2) is 0 Å². The third kappa shape index (κ3) is 21.8. The third-order valence-corrected chi connectivity index (χ3v) is 4.48. The first kappa shape index (κ1) is 29.1. The quantitative estimate of drug-likeness (QED) is 0.193. The fourth-order valence-corrected chi connectivity index (χ4v) is 2.59. The van der Waals surface area contributed by atoms with Gasteiger partial charge in [0.2, 0.25) is 11.8 Å². The van der Waals surface area contributed by atoms with E-state index in [4.69, 9.17) is 18.4 Å². The van der Waals surface area contributed by atoms with Gasteiger partial charge in [0.05, 0.1) is 26.4 Å². The van der Waals surface area contributed by atoms with Crippen LogP contribution in [0.1, 0.15) is 52.4 Å². The number of unbranched alkanes of at least 4 members (excludes halogenated alkanes) is 4. The van der Waals surface area contributed by atoms with Gasteiger partial charge in [-0.3, -0.25) is 9.59 Å². The van der Waals surface area contributed by atoms with Crippen LogP contribution in [0.25, 0.3) is 0 Å². The van der Waals surface area contributed by atoms with Crippen molar-refractivity contribution in [3.8, 4) is 0 Å². The zero-order valence-corrected chi connectivity index (χ0v) is 19.9. The fraction of sp³-hybridized carbons (Fsp3) is 0.905. The lowest BCUT2D eigenvalue weighted by atomic mass is 10.2. The minimum absolute atomic E-state index is 0.0509. The van der Waals surface area contributed by atoms with E-state index in [9.17, 15) is 9.59 Å². The second kappa shape index (κ2) is 22.8. The lowest BCUT2D eigenvalue weighted by molar-refractivity contribution is -0.124. The molecule has 0 aliphatic heterocycles. The molecule has 0 atom stereocenters. The third-order valence-electron chi connectivity index (χ3n) is 4.13. The van der Waals surface area contributed by atoms with E-state index in [1.165, 1.54) is 12.0 Å². The minimum atomic E-state index is -0.0752. The molecule has 178 valence electrons. The number of amides is 2. The van der Waals surface area contributed by atoms with Crippen LogP contribution in [0, 0.1) is 5.92 Å². The van der Waals surface area contributed by atoms with Crippen molar-refractivity contribution in [1.29, 1.82) is 0 Å². The zero-order chi connectivity index (χ0) is 22.3. The summed E-state index contributed by atoms with van der Waals surface area (Å²) >= 11 is 1.19. The van der Waals surface area contributed by atoms with E-state index in [1.54, 1.807) is 6.26 Å². The van der Waals surface area contributed by atoms with Crippen molar-refractivity contribution < 1.29 is 28.0 Å². The van der Waals surface area contributed by atoms with Gasteiger partial charge in [-0.05, 0) is 50.6 Å². The Morgan fingerprint density at radius 3 is 1.73 bits per heavy atom. The van der Waals surface area contributed by atoms with Crippen LogP contribution in [-0.4, -0.2) is 77.4 Å². The Morgan fingerprint density at radius 2 is 1.23 bits per heavy atom. The van der Waals surface area contributed by atoms with Gasteiger partial charge in [-0.2, -0.15) is 0 Å². The monoisotopic (exact) mass is 450 g/mol. The number of hydrogen-bond donors (Lipinski definition) is 2. The molecule has 0 saturated heterocycles. The van der Waals surface area contributed by atoms with E-state index < -0.39 is 0 Å². The molecule has 0 saturated carbocycles. The van der Waals surface area contributed by atoms with Crippen LogP contribution >= 0.6 is 12.0 Å². The molecule has 0 rings (SSSR count). The van der Waals surface area contributed by atoms with E-state index in [2.05, 4.69) is 10.6 Å². The fourth-order valence-electron chi connectivity index (χ4n) is 2.36. The molecule has 0 fully saturated rings. The average molecular weight is 451 g/mol. The molecular weight excluding hydrogens is 408 g/mol. The van der Waals surface area contributed by atoms with Gasteiger partial charge >= 0.3 is 0 Å². The molecule has 0 radical (unpaired) electrons. The van der Waals surface area contributed by atoms with Gasteiger partial charge in [0, 0.05) is 38.5 Å². The highest BCUT2D eigenvalue weighted by Crippen LogP contribution is 1.98. The summed E-state index contributed by atoms with van der Waals surface area (Å²) in [5.74, 6) is 0.0922. The molecule has 9 heteroatoms. The Balaban J connectivity index is 3.11. The number of nitrogens with one attached hydrogen (secondary N) is 2. The van der Waals surface area contributed by atoms with E-state index in [1.807, 2.05) is 13.8 Å². The van der Waals surface area contributed by atoms with Crippen molar-refractivity contribution in [2.75, 3.05) is 65.6 Å². The standard InChI is InChI=1S/C21H42N2O6S/c1-19(2)21(25)23-11-7-5-9-13-27-15-17-28-16-14-26-12-8-4-6-10-22-20(24)18-29-30-3/h19H,4-18H2,1-3H3,(H,22,24)(H,23,25). The van der Waals surface area contributed by atoms with Gasteiger partial charge in [-0.25, -0.2) is 0 Å². The number of hydrogen-bond acceptors (Lipinski definition) is 7. The number of carbonyl (C=O) groups excluding carboxylic acids is 2. The zero-order valence-electron chi connectivity index (χ0n) is 19.0. The van der Waals surface area contributed by atoms with Crippen molar-refractivity contribution in [2.24, 2.45) is 5.92 Å². The Labute approximate surface area is 186 Å². The largest absolute Gasteiger partial charge is 0.379 e. The number of rotatable bonds is 22. The predicted octanol–water partition coefficient (Wildman–Crippen LogP) is 2.56. The SMILES string of the molecule is CSOCC(=O)NCCCCCOCCOCCOCCCCCNC(=O)C(C)C. The van der Waals surface area contributed by atoms with Crippen molar-refractivity contribution in [2.45, 2.75) is 52.4 Å². The Kier molecular flexibility index (Phi) is 22.1.